The van der Waals surface area contributed by atoms with Crippen LogP contribution in [0.3, 0.4) is 0 Å². The first-order valence-electron chi connectivity index (χ1n) is 16.7. The number of halogens is 5. The van der Waals surface area contributed by atoms with E-state index >= 15 is 0 Å². The third kappa shape index (κ3) is 7.30. The predicted molar refractivity (Wildman–Crippen MR) is 197 cm³/mol. The number of ether oxygens (including phenoxy) is 2. The molecule has 1 atom stereocenters. The van der Waals surface area contributed by atoms with Gasteiger partial charge in [0.2, 0.25) is 0 Å². The van der Waals surface area contributed by atoms with E-state index in [1.54, 1.807) is 6.92 Å². The average molecular weight is 766 g/mol. The molecular weight excluding hydrogens is 730 g/mol. The highest BCUT2D eigenvalue weighted by molar-refractivity contribution is 6.99. The van der Waals surface area contributed by atoms with Crippen LogP contribution < -0.4 is 25.5 Å². The molecule has 0 aliphatic heterocycles. The summed E-state index contributed by atoms with van der Waals surface area (Å²) in [5.74, 6) is -1.65. The fraction of sp³-hybridized carbons (Fsp3) is 0.263. The molecule has 15 heteroatoms. The van der Waals surface area contributed by atoms with Crippen molar-refractivity contribution in [2.24, 2.45) is 0 Å². The van der Waals surface area contributed by atoms with E-state index in [2.05, 4.69) is 60.3 Å². The molecule has 0 bridgehead atoms. The van der Waals surface area contributed by atoms with Gasteiger partial charge in [-0.1, -0.05) is 99.1 Å². The zero-order valence-corrected chi connectivity index (χ0v) is 31.2. The molecule has 2 heterocycles. The minimum absolute atomic E-state index is 0.0434. The van der Waals surface area contributed by atoms with Crippen LogP contribution in [0, 0.1) is 5.82 Å². The van der Waals surface area contributed by atoms with Gasteiger partial charge in [-0.2, -0.15) is 23.0 Å². The van der Waals surface area contributed by atoms with E-state index in [1.807, 2.05) is 36.4 Å². The maximum Gasteiger partial charge on any atom is 0.425 e. The van der Waals surface area contributed by atoms with E-state index in [9.17, 15) is 22.4 Å². The van der Waals surface area contributed by atoms with Crippen LogP contribution in [0.25, 0.3) is 16.5 Å². The highest BCUT2D eigenvalue weighted by atomic mass is 35.5. The molecule has 0 aliphatic rings. The number of para-hydroxylation sites is 1. The highest BCUT2D eigenvalue weighted by Gasteiger charge is 2.50. The van der Waals surface area contributed by atoms with Crippen molar-refractivity contribution < 1.29 is 31.5 Å². The second kappa shape index (κ2) is 14.8. The molecule has 276 valence electrons. The number of rotatable bonds is 11. The van der Waals surface area contributed by atoms with Crippen molar-refractivity contribution >= 4 is 41.1 Å². The van der Waals surface area contributed by atoms with Gasteiger partial charge in [0.05, 0.1) is 28.9 Å². The van der Waals surface area contributed by atoms with Crippen LogP contribution in [0.5, 0.6) is 17.4 Å². The van der Waals surface area contributed by atoms with E-state index in [1.165, 1.54) is 35.0 Å². The Morgan fingerprint density at radius 1 is 0.925 bits per heavy atom. The molecular formula is C38H36ClF4N5O4Si. The quantitative estimate of drug-likeness (QED) is 0.0976. The summed E-state index contributed by atoms with van der Waals surface area (Å²) >= 11 is 6.17. The van der Waals surface area contributed by atoms with Gasteiger partial charge in [0.1, 0.15) is 5.75 Å². The number of benzene rings is 4. The van der Waals surface area contributed by atoms with Crippen molar-refractivity contribution in [3.63, 3.8) is 0 Å². The van der Waals surface area contributed by atoms with Crippen LogP contribution in [0.2, 0.25) is 10.1 Å². The first-order valence-corrected chi connectivity index (χ1v) is 19.0. The van der Waals surface area contributed by atoms with Crippen molar-refractivity contribution in [2.45, 2.75) is 65.1 Å². The average Bonchev–Trinajstić information content (AvgIpc) is 3.44. The lowest BCUT2D eigenvalue weighted by atomic mass is 10.1. The summed E-state index contributed by atoms with van der Waals surface area (Å²) in [5.41, 5.74) is -0.479. The Morgan fingerprint density at radius 2 is 1.57 bits per heavy atom. The van der Waals surface area contributed by atoms with E-state index < -0.39 is 37.9 Å². The van der Waals surface area contributed by atoms with Crippen molar-refractivity contribution in [2.75, 3.05) is 0 Å². The SMILES string of the molecule is CCn1c(CO[Si](c2ccccc2)(c2ccccc2)C(C)(C)C)nn(-c2cc(OC(C)C(F)(F)F)c3c(Oc4c(F)cccc4Cl)nncc3c2)c1=O. The van der Waals surface area contributed by atoms with Crippen molar-refractivity contribution in [3.8, 4) is 23.1 Å². The van der Waals surface area contributed by atoms with Crippen molar-refractivity contribution in [1.82, 2.24) is 24.5 Å². The Morgan fingerprint density at radius 3 is 2.13 bits per heavy atom. The molecule has 4 aromatic carbocycles. The zero-order chi connectivity index (χ0) is 38.1. The molecule has 9 nitrogen and oxygen atoms in total. The summed E-state index contributed by atoms with van der Waals surface area (Å²) in [5, 5.41) is 14.2. The Balaban J connectivity index is 1.48. The van der Waals surface area contributed by atoms with Gasteiger partial charge >= 0.3 is 11.9 Å². The monoisotopic (exact) mass is 765 g/mol. The number of hydrogen-bond donors (Lipinski definition) is 0. The fourth-order valence-electron chi connectivity index (χ4n) is 6.33. The third-order valence-electron chi connectivity index (χ3n) is 8.89. The Kier molecular flexibility index (Phi) is 10.5. The summed E-state index contributed by atoms with van der Waals surface area (Å²) in [4.78, 5) is 14.0. The lowest BCUT2D eigenvalue weighted by Gasteiger charge is -2.42. The van der Waals surface area contributed by atoms with Crippen LogP contribution >= 0.6 is 11.6 Å². The molecule has 0 N–H and O–H groups in total. The minimum atomic E-state index is -4.76. The molecule has 1 unspecified atom stereocenters. The van der Waals surface area contributed by atoms with Crippen LogP contribution in [0.1, 0.15) is 40.4 Å². The van der Waals surface area contributed by atoms with Gasteiger partial charge in [-0.05, 0) is 47.5 Å². The number of aromatic nitrogens is 5. The van der Waals surface area contributed by atoms with Gasteiger partial charge in [-0.15, -0.1) is 10.2 Å². The molecule has 0 saturated heterocycles. The number of fused-ring (bicyclic) bond motifs is 1. The summed E-state index contributed by atoms with van der Waals surface area (Å²) in [6.45, 7) is 9.19. The molecule has 6 aromatic rings. The molecule has 0 radical (unpaired) electrons. The van der Waals surface area contributed by atoms with E-state index in [4.69, 9.17) is 25.5 Å². The summed E-state index contributed by atoms with van der Waals surface area (Å²) in [6, 6.07) is 26.5. The van der Waals surface area contributed by atoms with Crippen LogP contribution in [-0.2, 0) is 17.6 Å². The van der Waals surface area contributed by atoms with Crippen molar-refractivity contribution in [3.05, 3.63) is 124 Å². The largest absolute Gasteiger partial charge is 0.480 e. The zero-order valence-electron chi connectivity index (χ0n) is 29.5. The maximum atomic E-state index is 14.7. The molecule has 0 spiro atoms. The molecule has 0 saturated carbocycles. The topological polar surface area (TPSA) is 93.3 Å². The predicted octanol–water partition coefficient (Wildman–Crippen LogP) is 7.99. The third-order valence-corrected chi connectivity index (χ3v) is 14.2. The van der Waals surface area contributed by atoms with Crippen LogP contribution in [-0.4, -0.2) is 45.1 Å². The molecule has 53 heavy (non-hydrogen) atoms. The smallest absolute Gasteiger partial charge is 0.425 e. The Labute approximate surface area is 308 Å². The van der Waals surface area contributed by atoms with Crippen molar-refractivity contribution in [1.29, 1.82) is 0 Å². The normalized spacial score (nSPS) is 12.9. The summed E-state index contributed by atoms with van der Waals surface area (Å²) in [6.07, 6.45) is -5.79. The van der Waals surface area contributed by atoms with E-state index in [0.717, 1.165) is 28.0 Å². The molecule has 0 amide bonds. The van der Waals surface area contributed by atoms with Crippen LogP contribution in [0.4, 0.5) is 17.6 Å². The van der Waals surface area contributed by atoms with E-state index in [0.29, 0.717) is 5.82 Å². The fourth-order valence-corrected chi connectivity index (χ4v) is 11.0. The first-order chi connectivity index (χ1) is 25.2. The van der Waals surface area contributed by atoms with Gasteiger partial charge in [0.25, 0.3) is 14.2 Å². The summed E-state index contributed by atoms with van der Waals surface area (Å²) < 4.78 is 77.0. The second-order valence-corrected chi connectivity index (χ2v) is 18.0. The van der Waals surface area contributed by atoms with Gasteiger partial charge in [0.15, 0.2) is 23.5 Å². The standard InChI is InChI=1S/C38H36ClF4N5O4Si/c1-6-47-32(23-50-53(37(3,4)5,27-14-9-7-10-15-27)28-16-11-8-12-17-28)46-48(36(47)49)26-20-25-22-44-45-35(52-34-29(39)18-13-19-30(34)40)33(25)31(21-26)51-24(2)38(41,42)43/h7-22,24H,6,23H2,1-5H3. The number of nitrogens with zero attached hydrogens (tertiary/aromatic N) is 5. The molecule has 0 aliphatic carbocycles. The molecule has 6 rings (SSSR count). The van der Waals surface area contributed by atoms with Gasteiger partial charge in [0, 0.05) is 18.0 Å². The minimum Gasteiger partial charge on any atom is -0.480 e. The van der Waals surface area contributed by atoms with E-state index in [-0.39, 0.29) is 51.3 Å². The Hall–Kier alpha value is -5.05. The second-order valence-electron chi connectivity index (χ2n) is 13.3. The van der Waals surface area contributed by atoms with Gasteiger partial charge in [-0.25, -0.2) is 9.18 Å². The maximum absolute atomic E-state index is 14.7. The lowest BCUT2D eigenvalue weighted by Crippen LogP contribution is -2.66. The summed E-state index contributed by atoms with van der Waals surface area (Å²) in [7, 11) is -3.04. The molecule has 2 aromatic heterocycles. The first kappa shape index (κ1) is 37.7. The number of alkyl halides is 3. The molecule has 0 fully saturated rings. The van der Waals surface area contributed by atoms with Gasteiger partial charge in [-0.3, -0.25) is 4.57 Å². The van der Waals surface area contributed by atoms with Gasteiger partial charge < -0.3 is 13.9 Å². The lowest BCUT2D eigenvalue weighted by molar-refractivity contribution is -0.189. The highest BCUT2D eigenvalue weighted by Crippen LogP contribution is 2.41. The Bertz CT molecular complexity index is 2240. The van der Waals surface area contributed by atoms with Crippen LogP contribution in [0.15, 0.2) is 102 Å². The number of hydrogen-bond acceptors (Lipinski definition) is 7.